The number of quaternary nitrogens is 1. The molecule has 0 saturated carbocycles. The van der Waals surface area contributed by atoms with Crippen LogP contribution in [0.4, 0.5) is 0 Å². The quantitative estimate of drug-likeness (QED) is 0.0127. The first kappa shape index (κ1) is 92.5. The fourth-order valence-corrected chi connectivity index (χ4v) is 12.7. The Balaban J connectivity index is 5.12. The summed E-state index contributed by atoms with van der Waals surface area (Å²) in [4.78, 5) is 87.6. The van der Waals surface area contributed by atoms with Crippen molar-refractivity contribution in [2.45, 2.75) is 380 Å². The van der Waals surface area contributed by atoms with Gasteiger partial charge in [-0.2, -0.15) is 0 Å². The monoisotopic (exact) mass is 1400 g/mol. The van der Waals surface area contributed by atoms with E-state index in [2.05, 4.69) is 26.1 Å². The molecule has 0 aromatic rings. The molecular formula is C73H142N2O18P2. The number of nitrogens with one attached hydrogen (secondary N) is 1. The van der Waals surface area contributed by atoms with Gasteiger partial charge in [0, 0.05) is 25.7 Å². The molecule has 20 nitrogen and oxygen atoms in total. The molecule has 0 rings (SSSR count). The highest BCUT2D eigenvalue weighted by atomic mass is 31.2. The number of aliphatic carboxylic acids is 1. The number of carbonyl (C=O) groups is 5. The molecule has 0 spiro atoms. The average Bonchev–Trinajstić information content (AvgIpc) is 1.05. The molecule has 95 heavy (non-hydrogen) atoms. The van der Waals surface area contributed by atoms with Crippen molar-refractivity contribution in [2.75, 3.05) is 60.7 Å². The van der Waals surface area contributed by atoms with Crippen molar-refractivity contribution in [1.82, 2.24) is 5.32 Å². The van der Waals surface area contributed by atoms with E-state index in [9.17, 15) is 48.0 Å². The minimum absolute atomic E-state index is 0.00635. The summed E-state index contributed by atoms with van der Waals surface area (Å²) in [5.74, 6) is -3.69. The molecule has 0 amide bonds. The second-order valence-corrected chi connectivity index (χ2v) is 30.5. The number of carbonyl (C=O) groups excluding carboxylic acids is 4. The van der Waals surface area contributed by atoms with Crippen LogP contribution in [0.2, 0.25) is 0 Å². The number of carboxylic acids is 1. The maximum Gasteiger partial charge on any atom is 0.472 e. The topological polar surface area (TPSA) is 269 Å². The van der Waals surface area contributed by atoms with Crippen LogP contribution in [0.1, 0.15) is 355 Å². The lowest BCUT2D eigenvalue weighted by Gasteiger charge is -2.31. The van der Waals surface area contributed by atoms with Gasteiger partial charge >= 0.3 is 37.7 Å². The molecular weight excluding hydrogens is 1250 g/mol. The summed E-state index contributed by atoms with van der Waals surface area (Å²) in [6.45, 7) is 7.01. The van der Waals surface area contributed by atoms with Crippen molar-refractivity contribution in [2.24, 2.45) is 0 Å². The first-order valence-electron chi connectivity index (χ1n) is 38.4. The standard InChI is InChI=1S/C73H142N2O18P2/c1-8-11-14-17-20-23-26-29-30-33-36-38-41-46-51-56-69(77)90-65(4)73(92-71(79)58-53-47-42-39-35-32-28-25-22-19-16-13-10-3)93-95(84,85)89-64-67(72(80)81)74-59-54-49-44-43-48-52-57-70(78)91-66(63-88-94(82,83)87-61-60-75(5,6)7)62-86-68(76)55-50-45-40-37-34-31-27-24-21-18-15-12-9-2/h65-67,73-74H,8-64H2,1-7H3,(H2-,80,81,82,83,84,85)/t65?,66-,67?,73?/m1/s1. The Morgan fingerprint density at radius 1 is 0.421 bits per heavy atom. The Labute approximate surface area is 578 Å². The molecule has 6 atom stereocenters. The number of rotatable bonds is 73. The predicted molar refractivity (Wildman–Crippen MR) is 377 cm³/mol. The lowest BCUT2D eigenvalue weighted by molar-refractivity contribution is -0.870. The second kappa shape index (κ2) is 63.6. The zero-order valence-corrected chi connectivity index (χ0v) is 63.2. The molecule has 3 N–H and O–H groups in total. The van der Waals surface area contributed by atoms with Crippen LogP contribution in [0, 0.1) is 0 Å². The average molecular weight is 1400 g/mol. The van der Waals surface area contributed by atoms with Crippen LogP contribution in [0.3, 0.4) is 0 Å². The number of carboxylic acid groups (broad SMARTS) is 1. The van der Waals surface area contributed by atoms with Crippen molar-refractivity contribution < 1.29 is 89.5 Å². The van der Waals surface area contributed by atoms with Gasteiger partial charge < -0.3 is 48.2 Å². The lowest BCUT2D eigenvalue weighted by Crippen LogP contribution is -2.41. The zero-order valence-electron chi connectivity index (χ0n) is 61.4. The number of nitrogens with zero attached hydrogens (tertiary/aromatic N) is 1. The fraction of sp³-hybridized carbons (Fsp3) is 0.932. The molecule has 0 fully saturated rings. The van der Waals surface area contributed by atoms with Gasteiger partial charge in [-0.25, -0.2) is 4.57 Å². The van der Waals surface area contributed by atoms with E-state index in [1.165, 1.54) is 180 Å². The summed E-state index contributed by atoms with van der Waals surface area (Å²) in [7, 11) is -4.11. The van der Waals surface area contributed by atoms with Crippen LogP contribution in [0.25, 0.3) is 0 Å². The van der Waals surface area contributed by atoms with Crippen LogP contribution >= 0.6 is 15.6 Å². The highest BCUT2D eigenvalue weighted by Crippen LogP contribution is 2.43. The van der Waals surface area contributed by atoms with E-state index in [0.717, 1.165) is 83.5 Å². The maximum absolute atomic E-state index is 13.3. The van der Waals surface area contributed by atoms with Crippen molar-refractivity contribution in [3.8, 4) is 0 Å². The normalized spacial score (nSPS) is 14.4. The molecule has 0 aromatic carbocycles. The molecule has 5 unspecified atom stereocenters. The molecule has 0 aliphatic carbocycles. The summed E-state index contributed by atoms with van der Waals surface area (Å²) in [5.41, 5.74) is 0. The minimum Gasteiger partial charge on any atom is -0.756 e. The van der Waals surface area contributed by atoms with Crippen molar-refractivity contribution in [3.63, 3.8) is 0 Å². The third kappa shape index (κ3) is 64.6. The van der Waals surface area contributed by atoms with Gasteiger partial charge in [0.25, 0.3) is 7.82 Å². The van der Waals surface area contributed by atoms with Gasteiger partial charge in [-0.15, -0.1) is 0 Å². The number of phosphoric acid groups is 2. The van der Waals surface area contributed by atoms with E-state index in [0.29, 0.717) is 56.0 Å². The van der Waals surface area contributed by atoms with Crippen LogP contribution in [0.5, 0.6) is 0 Å². The fourth-order valence-electron chi connectivity index (χ4n) is 11.1. The van der Waals surface area contributed by atoms with Gasteiger partial charge in [0.2, 0.25) is 6.29 Å². The predicted octanol–water partition coefficient (Wildman–Crippen LogP) is 18.6. The van der Waals surface area contributed by atoms with Gasteiger partial charge in [0.15, 0.2) is 12.2 Å². The Kier molecular flexibility index (Phi) is 62.0. The second-order valence-electron chi connectivity index (χ2n) is 27.7. The molecule has 0 aliphatic rings. The van der Waals surface area contributed by atoms with Crippen molar-refractivity contribution in [1.29, 1.82) is 0 Å². The summed E-state index contributed by atoms with van der Waals surface area (Å²) in [5, 5.41) is 12.8. The highest BCUT2D eigenvalue weighted by Gasteiger charge is 2.32. The van der Waals surface area contributed by atoms with E-state index < -0.39 is 83.2 Å². The first-order valence-corrected chi connectivity index (χ1v) is 41.4. The largest absolute Gasteiger partial charge is 0.756 e. The molecule has 22 heteroatoms. The Hall–Kier alpha value is -2.51. The molecule has 0 bridgehead atoms. The van der Waals surface area contributed by atoms with Crippen LogP contribution < -0.4 is 10.2 Å². The summed E-state index contributed by atoms with van der Waals surface area (Å²) in [6, 6.07) is -1.43. The number of hydrogen-bond acceptors (Lipinski definition) is 17. The van der Waals surface area contributed by atoms with E-state index in [1.54, 1.807) is 0 Å². The maximum atomic E-state index is 13.3. The summed E-state index contributed by atoms with van der Waals surface area (Å²) < 4.78 is 69.1. The van der Waals surface area contributed by atoms with Crippen LogP contribution in [-0.4, -0.2) is 130 Å². The number of hydrogen-bond donors (Lipinski definition) is 3. The first-order chi connectivity index (χ1) is 45.6. The van der Waals surface area contributed by atoms with Crippen molar-refractivity contribution >= 4 is 45.5 Å². The Bertz CT molecular complexity index is 1950. The summed E-state index contributed by atoms with van der Waals surface area (Å²) >= 11 is 0. The molecule has 0 heterocycles. The number of likely N-dealkylation sites (N-methyl/N-ethyl adjacent to an activating group) is 1. The zero-order chi connectivity index (χ0) is 70.4. The molecule has 0 aliphatic heterocycles. The van der Waals surface area contributed by atoms with Crippen LogP contribution in [0.15, 0.2) is 0 Å². The smallest absolute Gasteiger partial charge is 0.472 e. The van der Waals surface area contributed by atoms with E-state index in [-0.39, 0.29) is 45.4 Å². The number of ether oxygens (including phenoxy) is 4. The molecule has 0 saturated heterocycles. The molecule has 562 valence electrons. The van der Waals surface area contributed by atoms with Gasteiger partial charge in [-0.3, -0.25) is 42.1 Å². The van der Waals surface area contributed by atoms with Gasteiger partial charge in [0.05, 0.1) is 34.4 Å². The molecule has 0 radical (unpaired) electrons. The third-order valence-corrected chi connectivity index (χ3v) is 19.1. The number of unbranched alkanes of at least 4 members (excludes halogenated alkanes) is 43. The molecule has 0 aromatic heterocycles. The number of esters is 4. The lowest BCUT2D eigenvalue weighted by atomic mass is 10.0. The summed E-state index contributed by atoms with van der Waals surface area (Å²) in [6.07, 6.45) is 47.6. The Morgan fingerprint density at radius 3 is 1.11 bits per heavy atom. The highest BCUT2D eigenvalue weighted by molar-refractivity contribution is 7.47. The van der Waals surface area contributed by atoms with E-state index in [4.69, 9.17) is 37.0 Å². The van der Waals surface area contributed by atoms with Gasteiger partial charge in [0.1, 0.15) is 25.8 Å². The van der Waals surface area contributed by atoms with E-state index in [1.807, 2.05) is 21.1 Å². The third-order valence-electron chi connectivity index (χ3n) is 17.2. The van der Waals surface area contributed by atoms with Gasteiger partial charge in [-0.05, 0) is 45.6 Å². The van der Waals surface area contributed by atoms with E-state index >= 15 is 0 Å². The van der Waals surface area contributed by atoms with Crippen molar-refractivity contribution in [3.05, 3.63) is 0 Å². The van der Waals surface area contributed by atoms with Gasteiger partial charge in [-0.1, -0.05) is 290 Å². The SMILES string of the molecule is CCCCCCCCCCCCCCCCCC(=O)OC(C)C(OC(=O)CCCCCCCCCCCCCCC)OP(=O)([O-])OCC(NCCCCCCCCC(=O)O[C@H](COC(=O)CCCCCCCCCCCCCCC)COP(=O)(O)OCC[N+](C)(C)C)C(=O)O. The number of phosphoric ester groups is 2. The minimum atomic E-state index is -5.33. The van der Waals surface area contributed by atoms with Crippen LogP contribution in [-0.2, 0) is 70.1 Å². The Morgan fingerprint density at radius 2 is 0.747 bits per heavy atom.